The molecule has 158 valence electrons. The Bertz CT molecular complexity index is 1030. The minimum absolute atomic E-state index is 0.196. The van der Waals surface area contributed by atoms with Gasteiger partial charge in [0, 0.05) is 43.6 Å². The zero-order valence-electron chi connectivity index (χ0n) is 16.7. The van der Waals surface area contributed by atoms with Crippen molar-refractivity contribution in [2.24, 2.45) is 0 Å². The molecule has 0 aliphatic carbocycles. The minimum Gasteiger partial charge on any atom is -0.410 e. The van der Waals surface area contributed by atoms with Gasteiger partial charge < -0.3 is 19.9 Å². The highest BCUT2D eigenvalue weighted by atomic mass is 35.5. The number of rotatable bonds is 4. The van der Waals surface area contributed by atoms with Crippen LogP contribution in [0.4, 0.5) is 16.3 Å². The van der Waals surface area contributed by atoms with E-state index in [-0.39, 0.29) is 5.91 Å². The summed E-state index contributed by atoms with van der Waals surface area (Å²) in [6, 6.07) is 19.4. The Kier molecular flexibility index (Phi) is 6.33. The van der Waals surface area contributed by atoms with Crippen LogP contribution in [0.3, 0.4) is 0 Å². The lowest BCUT2D eigenvalue weighted by Gasteiger charge is -2.34. The number of amides is 2. The summed E-state index contributed by atoms with van der Waals surface area (Å²) in [7, 11) is 0. The molecule has 3 aromatic rings. The van der Waals surface area contributed by atoms with E-state index >= 15 is 0 Å². The van der Waals surface area contributed by atoms with E-state index in [1.165, 1.54) is 0 Å². The normalized spacial score (nSPS) is 13.6. The fourth-order valence-corrected chi connectivity index (χ4v) is 3.35. The average Bonchev–Trinajstić information content (AvgIpc) is 2.81. The molecule has 8 heteroatoms. The summed E-state index contributed by atoms with van der Waals surface area (Å²) in [6.07, 6.45) is 1.22. The van der Waals surface area contributed by atoms with Gasteiger partial charge >= 0.3 is 6.09 Å². The highest BCUT2D eigenvalue weighted by molar-refractivity contribution is 6.30. The number of halogens is 1. The molecule has 0 spiro atoms. The van der Waals surface area contributed by atoms with Gasteiger partial charge in [-0.2, -0.15) is 0 Å². The molecule has 7 nitrogen and oxygen atoms in total. The van der Waals surface area contributed by atoms with E-state index in [9.17, 15) is 9.59 Å². The predicted octanol–water partition coefficient (Wildman–Crippen LogP) is 4.31. The molecule has 0 saturated carbocycles. The molecular weight excluding hydrogens is 416 g/mol. The number of nitrogens with one attached hydrogen (secondary N) is 1. The first-order valence-electron chi connectivity index (χ1n) is 9.88. The van der Waals surface area contributed by atoms with Crippen LogP contribution < -0.4 is 15.0 Å². The maximum absolute atomic E-state index is 12.5. The number of anilines is 2. The van der Waals surface area contributed by atoms with Crippen LogP contribution in [0.5, 0.6) is 5.75 Å². The van der Waals surface area contributed by atoms with Crippen LogP contribution in [-0.2, 0) is 0 Å². The van der Waals surface area contributed by atoms with E-state index in [0.29, 0.717) is 48.2 Å². The van der Waals surface area contributed by atoms with Crippen LogP contribution in [0.2, 0.25) is 5.02 Å². The van der Waals surface area contributed by atoms with Crippen molar-refractivity contribution in [2.75, 3.05) is 36.4 Å². The van der Waals surface area contributed by atoms with Gasteiger partial charge in [0.05, 0.1) is 5.02 Å². The van der Waals surface area contributed by atoms with Crippen molar-refractivity contribution < 1.29 is 14.3 Å². The topological polar surface area (TPSA) is 74.8 Å². The van der Waals surface area contributed by atoms with E-state index in [0.717, 1.165) is 5.82 Å². The van der Waals surface area contributed by atoms with Crippen molar-refractivity contribution in [1.82, 2.24) is 9.88 Å². The summed E-state index contributed by atoms with van der Waals surface area (Å²) >= 11 is 5.88. The zero-order valence-corrected chi connectivity index (χ0v) is 17.5. The van der Waals surface area contributed by atoms with Gasteiger partial charge in [-0.1, -0.05) is 29.8 Å². The van der Waals surface area contributed by atoms with Crippen molar-refractivity contribution in [3.63, 3.8) is 0 Å². The number of pyridine rings is 1. The summed E-state index contributed by atoms with van der Waals surface area (Å²) in [5.74, 6) is 1.06. The Morgan fingerprint density at radius 3 is 2.26 bits per heavy atom. The molecule has 2 amide bonds. The van der Waals surface area contributed by atoms with Gasteiger partial charge in [0.1, 0.15) is 11.6 Å². The minimum atomic E-state index is -0.398. The maximum Gasteiger partial charge on any atom is 0.415 e. The molecule has 0 bridgehead atoms. The third kappa shape index (κ3) is 5.32. The molecule has 1 fully saturated rings. The van der Waals surface area contributed by atoms with E-state index in [1.807, 2.05) is 24.3 Å². The second-order valence-corrected chi connectivity index (χ2v) is 7.46. The Morgan fingerprint density at radius 1 is 0.903 bits per heavy atom. The number of piperazine rings is 1. The summed E-state index contributed by atoms with van der Waals surface area (Å²) in [6.45, 7) is 2.39. The van der Waals surface area contributed by atoms with Gasteiger partial charge in [-0.05, 0) is 48.5 Å². The summed E-state index contributed by atoms with van der Waals surface area (Å²) in [5, 5.41) is 3.41. The number of benzene rings is 2. The number of hydrogen-bond acceptors (Lipinski definition) is 5. The van der Waals surface area contributed by atoms with Crippen molar-refractivity contribution in [1.29, 1.82) is 0 Å². The number of nitrogens with zero attached hydrogens (tertiary/aromatic N) is 3. The van der Waals surface area contributed by atoms with Gasteiger partial charge in [0.15, 0.2) is 0 Å². The first-order valence-corrected chi connectivity index (χ1v) is 10.3. The van der Waals surface area contributed by atoms with Crippen LogP contribution in [0, 0.1) is 0 Å². The molecule has 0 unspecified atom stereocenters. The van der Waals surface area contributed by atoms with Gasteiger partial charge in [-0.15, -0.1) is 0 Å². The molecule has 1 N–H and O–H groups in total. The SMILES string of the molecule is O=C(Nc1ccc(OC(=O)N2CCN(c3ccc(Cl)cn3)CC2)cc1)c1ccccc1. The molecule has 0 radical (unpaired) electrons. The fourth-order valence-electron chi connectivity index (χ4n) is 3.24. The number of hydrogen-bond donors (Lipinski definition) is 1. The Hall–Kier alpha value is -3.58. The highest BCUT2D eigenvalue weighted by Gasteiger charge is 2.23. The van der Waals surface area contributed by atoms with Crippen molar-refractivity contribution in [3.05, 3.63) is 83.5 Å². The average molecular weight is 437 g/mol. The summed E-state index contributed by atoms with van der Waals surface area (Å²) in [5.41, 5.74) is 1.20. The number of ether oxygens (including phenoxy) is 1. The summed E-state index contributed by atoms with van der Waals surface area (Å²) in [4.78, 5) is 32.8. The van der Waals surface area contributed by atoms with E-state index < -0.39 is 6.09 Å². The van der Waals surface area contributed by atoms with Crippen molar-refractivity contribution in [2.45, 2.75) is 0 Å². The van der Waals surface area contributed by atoms with E-state index in [2.05, 4.69) is 15.2 Å². The van der Waals surface area contributed by atoms with Crippen LogP contribution >= 0.6 is 11.6 Å². The van der Waals surface area contributed by atoms with Gasteiger partial charge in [-0.25, -0.2) is 9.78 Å². The maximum atomic E-state index is 12.5. The Balaban J connectivity index is 1.28. The predicted molar refractivity (Wildman–Crippen MR) is 120 cm³/mol. The van der Waals surface area contributed by atoms with Crippen LogP contribution in [0.1, 0.15) is 10.4 Å². The van der Waals surface area contributed by atoms with Crippen LogP contribution in [0.25, 0.3) is 0 Å². The second kappa shape index (κ2) is 9.49. The monoisotopic (exact) mass is 436 g/mol. The third-order valence-electron chi connectivity index (χ3n) is 4.93. The van der Waals surface area contributed by atoms with Crippen molar-refractivity contribution >= 4 is 35.1 Å². The Labute approximate surface area is 185 Å². The van der Waals surface area contributed by atoms with Gasteiger partial charge in [0.25, 0.3) is 5.91 Å². The lowest BCUT2D eigenvalue weighted by atomic mass is 10.2. The molecule has 2 aromatic carbocycles. The molecule has 31 heavy (non-hydrogen) atoms. The molecule has 1 saturated heterocycles. The molecule has 4 rings (SSSR count). The molecule has 0 atom stereocenters. The lowest BCUT2D eigenvalue weighted by Crippen LogP contribution is -2.49. The van der Waals surface area contributed by atoms with Crippen molar-refractivity contribution in [3.8, 4) is 5.75 Å². The van der Waals surface area contributed by atoms with E-state index in [1.54, 1.807) is 53.6 Å². The number of aromatic nitrogens is 1. The van der Waals surface area contributed by atoms with Crippen LogP contribution in [-0.4, -0.2) is 48.1 Å². The van der Waals surface area contributed by atoms with Crippen LogP contribution in [0.15, 0.2) is 72.9 Å². The van der Waals surface area contributed by atoms with E-state index in [4.69, 9.17) is 16.3 Å². The summed E-state index contributed by atoms with van der Waals surface area (Å²) < 4.78 is 5.48. The quantitative estimate of drug-likeness (QED) is 0.659. The lowest BCUT2D eigenvalue weighted by molar-refractivity contribution is 0.102. The Morgan fingerprint density at radius 2 is 1.61 bits per heavy atom. The standard InChI is InChI=1S/C23H21ClN4O3/c24-18-6-11-21(25-16-18)27-12-14-28(15-13-27)23(30)31-20-9-7-19(8-10-20)26-22(29)17-4-2-1-3-5-17/h1-11,16H,12-15H2,(H,26,29). The largest absolute Gasteiger partial charge is 0.415 e. The smallest absolute Gasteiger partial charge is 0.410 e. The first-order chi connectivity index (χ1) is 15.1. The first kappa shape index (κ1) is 20.7. The molecular formula is C23H21ClN4O3. The number of carbonyl (C=O) groups excluding carboxylic acids is 2. The second-order valence-electron chi connectivity index (χ2n) is 7.02. The molecule has 1 aliphatic rings. The molecule has 2 heterocycles. The molecule has 1 aliphatic heterocycles. The number of carbonyl (C=O) groups is 2. The van der Waals surface area contributed by atoms with Gasteiger partial charge in [0.2, 0.25) is 0 Å². The third-order valence-corrected chi connectivity index (χ3v) is 5.15. The molecule has 1 aromatic heterocycles. The highest BCUT2D eigenvalue weighted by Crippen LogP contribution is 2.19. The van der Waals surface area contributed by atoms with Gasteiger partial charge in [-0.3, -0.25) is 4.79 Å². The fraction of sp³-hybridized carbons (Fsp3) is 0.174. The zero-order chi connectivity index (χ0) is 21.6.